The molecule has 0 saturated heterocycles. The van der Waals surface area contributed by atoms with Gasteiger partial charge >= 0.3 is 0 Å². The smallest absolute Gasteiger partial charge is 0.255 e. The summed E-state index contributed by atoms with van der Waals surface area (Å²) in [6.07, 6.45) is 0. The zero-order valence-electron chi connectivity index (χ0n) is 13.0. The summed E-state index contributed by atoms with van der Waals surface area (Å²) in [5.41, 5.74) is 1.24. The molecule has 5 nitrogen and oxygen atoms in total. The van der Waals surface area contributed by atoms with Crippen molar-refractivity contribution in [2.24, 2.45) is 0 Å². The van der Waals surface area contributed by atoms with Gasteiger partial charge in [-0.05, 0) is 58.4 Å². The average molecular weight is 380 g/mol. The van der Waals surface area contributed by atoms with Crippen LogP contribution in [0.2, 0.25) is 0 Å². The van der Waals surface area contributed by atoms with Crippen LogP contribution in [0.3, 0.4) is 0 Å². The molecular weight excluding hydrogens is 362 g/mol. The summed E-state index contributed by atoms with van der Waals surface area (Å²) >= 11 is 3.41. The van der Waals surface area contributed by atoms with Gasteiger partial charge in [-0.2, -0.15) is 0 Å². The molecule has 0 saturated carbocycles. The first-order valence-corrected chi connectivity index (χ1v) is 7.80. The minimum absolute atomic E-state index is 0.195. The summed E-state index contributed by atoms with van der Waals surface area (Å²) in [4.78, 5) is 12.3. The van der Waals surface area contributed by atoms with E-state index in [1.165, 1.54) is 0 Å². The Morgan fingerprint density at radius 3 is 2.43 bits per heavy atom. The molecule has 23 heavy (non-hydrogen) atoms. The Balaban J connectivity index is 2.02. The van der Waals surface area contributed by atoms with E-state index in [9.17, 15) is 4.79 Å². The molecule has 0 aliphatic carbocycles. The number of hydrogen-bond acceptors (Lipinski definition) is 4. The molecule has 0 heterocycles. The molecule has 0 bridgehead atoms. The van der Waals surface area contributed by atoms with Crippen LogP contribution < -0.4 is 14.8 Å². The third kappa shape index (κ3) is 4.97. The molecule has 2 rings (SSSR count). The number of benzene rings is 2. The number of ether oxygens (including phenoxy) is 3. The first kappa shape index (κ1) is 17.3. The first-order chi connectivity index (χ1) is 11.1. The van der Waals surface area contributed by atoms with Crippen molar-refractivity contribution in [3.63, 3.8) is 0 Å². The molecule has 0 aromatic heterocycles. The number of halogens is 1. The van der Waals surface area contributed by atoms with Gasteiger partial charge in [0.15, 0.2) is 0 Å². The molecule has 0 fully saturated rings. The summed E-state index contributed by atoms with van der Waals surface area (Å²) in [6, 6.07) is 12.3. The van der Waals surface area contributed by atoms with E-state index in [0.717, 1.165) is 10.2 Å². The molecule has 0 atom stereocenters. The summed E-state index contributed by atoms with van der Waals surface area (Å²) in [7, 11) is 3.21. The lowest BCUT2D eigenvalue weighted by molar-refractivity contribution is 0.102. The predicted octanol–water partition coefficient (Wildman–Crippen LogP) is 3.74. The summed E-state index contributed by atoms with van der Waals surface area (Å²) in [5, 5.41) is 2.83. The maximum Gasteiger partial charge on any atom is 0.255 e. The monoisotopic (exact) mass is 379 g/mol. The lowest BCUT2D eigenvalue weighted by Crippen LogP contribution is -2.12. The van der Waals surface area contributed by atoms with Crippen molar-refractivity contribution in [1.29, 1.82) is 0 Å². The molecule has 0 aliphatic rings. The van der Waals surface area contributed by atoms with Gasteiger partial charge < -0.3 is 19.5 Å². The summed E-state index contributed by atoms with van der Waals surface area (Å²) in [6.45, 7) is 0.957. The van der Waals surface area contributed by atoms with Crippen LogP contribution in [0, 0.1) is 0 Å². The zero-order valence-corrected chi connectivity index (χ0v) is 14.6. The lowest BCUT2D eigenvalue weighted by Gasteiger charge is -2.10. The predicted molar refractivity (Wildman–Crippen MR) is 92.5 cm³/mol. The molecular formula is C17H18BrNO4. The van der Waals surface area contributed by atoms with Gasteiger partial charge in [0, 0.05) is 18.4 Å². The highest BCUT2D eigenvalue weighted by atomic mass is 79.9. The van der Waals surface area contributed by atoms with Gasteiger partial charge in [0.2, 0.25) is 0 Å². The number of carbonyl (C=O) groups excluding carboxylic acids is 1. The van der Waals surface area contributed by atoms with E-state index in [4.69, 9.17) is 14.2 Å². The number of methoxy groups -OCH3 is 2. The molecule has 1 N–H and O–H groups in total. The summed E-state index contributed by atoms with van der Waals surface area (Å²) < 4.78 is 16.3. The highest BCUT2D eigenvalue weighted by Crippen LogP contribution is 2.26. The van der Waals surface area contributed by atoms with Gasteiger partial charge in [-0.25, -0.2) is 0 Å². The topological polar surface area (TPSA) is 56.8 Å². The van der Waals surface area contributed by atoms with Crippen LogP contribution in [0.5, 0.6) is 11.5 Å². The number of amides is 1. The van der Waals surface area contributed by atoms with Crippen LogP contribution in [0.15, 0.2) is 46.9 Å². The van der Waals surface area contributed by atoms with E-state index in [-0.39, 0.29) is 5.91 Å². The van der Waals surface area contributed by atoms with Crippen LogP contribution in [-0.2, 0) is 4.74 Å². The number of carbonyl (C=O) groups is 1. The molecule has 122 valence electrons. The molecule has 0 radical (unpaired) electrons. The molecule has 6 heteroatoms. The number of rotatable bonds is 7. The fourth-order valence-corrected chi connectivity index (χ4v) is 2.36. The van der Waals surface area contributed by atoms with E-state index in [1.807, 2.05) is 0 Å². The van der Waals surface area contributed by atoms with Gasteiger partial charge in [0.25, 0.3) is 5.91 Å². The standard InChI is InChI=1S/C17H18BrNO4/c1-21-9-10-23-16-8-3-12(11-15(16)18)17(20)19-13-4-6-14(22-2)7-5-13/h3-8,11H,9-10H2,1-2H3,(H,19,20). The van der Waals surface area contributed by atoms with Crippen molar-refractivity contribution in [2.45, 2.75) is 0 Å². The average Bonchev–Trinajstić information content (AvgIpc) is 2.57. The van der Waals surface area contributed by atoms with Crippen molar-refractivity contribution in [2.75, 3.05) is 32.8 Å². The van der Waals surface area contributed by atoms with E-state index in [0.29, 0.717) is 30.2 Å². The molecule has 0 unspecified atom stereocenters. The third-order valence-electron chi connectivity index (χ3n) is 3.09. The highest BCUT2D eigenvalue weighted by molar-refractivity contribution is 9.10. The largest absolute Gasteiger partial charge is 0.497 e. The molecule has 2 aromatic carbocycles. The molecule has 2 aromatic rings. The quantitative estimate of drug-likeness (QED) is 0.744. The minimum Gasteiger partial charge on any atom is -0.497 e. The van der Waals surface area contributed by atoms with Gasteiger partial charge in [-0.15, -0.1) is 0 Å². The Morgan fingerprint density at radius 2 is 1.83 bits per heavy atom. The highest BCUT2D eigenvalue weighted by Gasteiger charge is 2.10. The van der Waals surface area contributed by atoms with Gasteiger partial charge in [0.1, 0.15) is 18.1 Å². The summed E-state index contributed by atoms with van der Waals surface area (Å²) in [5.74, 6) is 1.21. The second-order valence-electron chi connectivity index (χ2n) is 4.67. The van der Waals surface area contributed by atoms with Crippen molar-refractivity contribution >= 4 is 27.5 Å². The molecule has 1 amide bonds. The van der Waals surface area contributed by atoms with Gasteiger partial charge in [-0.1, -0.05) is 0 Å². The molecule has 0 aliphatic heterocycles. The number of anilines is 1. The number of nitrogens with one attached hydrogen (secondary N) is 1. The van der Waals surface area contributed by atoms with Crippen molar-refractivity contribution in [3.05, 3.63) is 52.5 Å². The van der Waals surface area contributed by atoms with Gasteiger partial charge in [0.05, 0.1) is 18.2 Å². The number of hydrogen-bond donors (Lipinski definition) is 1. The van der Waals surface area contributed by atoms with E-state index >= 15 is 0 Å². The van der Waals surface area contributed by atoms with Crippen LogP contribution in [-0.4, -0.2) is 33.3 Å². The zero-order chi connectivity index (χ0) is 16.7. The molecule has 0 spiro atoms. The maximum atomic E-state index is 12.3. The second-order valence-corrected chi connectivity index (χ2v) is 5.52. The Labute approximate surface area is 143 Å². The van der Waals surface area contributed by atoms with E-state index < -0.39 is 0 Å². The minimum atomic E-state index is -0.195. The van der Waals surface area contributed by atoms with Crippen molar-refractivity contribution in [3.8, 4) is 11.5 Å². The van der Waals surface area contributed by atoms with Crippen LogP contribution in [0.1, 0.15) is 10.4 Å². The maximum absolute atomic E-state index is 12.3. The van der Waals surface area contributed by atoms with Crippen molar-refractivity contribution in [1.82, 2.24) is 0 Å². The van der Waals surface area contributed by atoms with E-state index in [2.05, 4.69) is 21.2 Å². The Hall–Kier alpha value is -2.05. The van der Waals surface area contributed by atoms with Crippen LogP contribution in [0.4, 0.5) is 5.69 Å². The normalized spacial score (nSPS) is 10.2. The third-order valence-corrected chi connectivity index (χ3v) is 3.71. The SMILES string of the molecule is COCCOc1ccc(C(=O)Nc2ccc(OC)cc2)cc1Br. The Morgan fingerprint density at radius 1 is 1.09 bits per heavy atom. The Bertz CT molecular complexity index is 658. The first-order valence-electron chi connectivity index (χ1n) is 7.00. The Kier molecular flexibility index (Phi) is 6.43. The van der Waals surface area contributed by atoms with Crippen LogP contribution >= 0.6 is 15.9 Å². The fourth-order valence-electron chi connectivity index (χ4n) is 1.87. The van der Waals surface area contributed by atoms with Gasteiger partial charge in [-0.3, -0.25) is 4.79 Å². The fraction of sp³-hybridized carbons (Fsp3) is 0.235. The van der Waals surface area contributed by atoms with Crippen LogP contribution in [0.25, 0.3) is 0 Å². The van der Waals surface area contributed by atoms with Crippen molar-refractivity contribution < 1.29 is 19.0 Å². The second kappa shape index (κ2) is 8.55. The van der Waals surface area contributed by atoms with E-state index in [1.54, 1.807) is 56.7 Å². The lowest BCUT2D eigenvalue weighted by atomic mass is 10.2.